The van der Waals surface area contributed by atoms with Gasteiger partial charge in [-0.1, -0.05) is 72.8 Å². The van der Waals surface area contributed by atoms with Gasteiger partial charge in [0.25, 0.3) is 23.4 Å². The molecule has 2 N–H and O–H groups in total. The molecular formula is C52H47N7O4. The van der Waals surface area contributed by atoms with Crippen molar-refractivity contribution in [3.8, 4) is 22.3 Å². The van der Waals surface area contributed by atoms with E-state index in [0.29, 0.717) is 22.8 Å². The van der Waals surface area contributed by atoms with Gasteiger partial charge in [0, 0.05) is 97.1 Å². The number of hydrogen-bond donors (Lipinski definition) is 2. The van der Waals surface area contributed by atoms with Crippen LogP contribution >= 0.6 is 0 Å². The van der Waals surface area contributed by atoms with Gasteiger partial charge in [0.15, 0.2) is 0 Å². The Labute approximate surface area is 365 Å². The van der Waals surface area contributed by atoms with Crippen molar-refractivity contribution in [1.29, 1.82) is 0 Å². The van der Waals surface area contributed by atoms with Crippen LogP contribution in [0.1, 0.15) is 26.5 Å². The maximum Gasteiger partial charge on any atom is 0.298 e. The highest BCUT2D eigenvalue weighted by Gasteiger charge is 2.27. The van der Waals surface area contributed by atoms with Gasteiger partial charge >= 0.3 is 0 Å². The van der Waals surface area contributed by atoms with E-state index in [9.17, 15) is 19.2 Å². The summed E-state index contributed by atoms with van der Waals surface area (Å²) in [4.78, 5) is 59.3. The first-order valence-electron chi connectivity index (χ1n) is 21.1. The number of carbonyl (C=O) groups excluding carboxylic acids is 4. The van der Waals surface area contributed by atoms with Crippen molar-refractivity contribution in [1.82, 2.24) is 13.7 Å². The second kappa shape index (κ2) is 17.7. The molecule has 1 fully saturated rings. The fourth-order valence-corrected chi connectivity index (χ4v) is 8.44. The number of nitrogens with one attached hydrogen (secondary N) is 2. The molecule has 0 bridgehead atoms. The summed E-state index contributed by atoms with van der Waals surface area (Å²) >= 11 is 0. The maximum absolute atomic E-state index is 13.3. The molecule has 0 atom stereocenters. The molecule has 0 aliphatic carbocycles. The minimum Gasteiger partial charge on any atom is -0.374 e. The highest BCUT2D eigenvalue weighted by atomic mass is 16.2. The second-order valence-corrected chi connectivity index (χ2v) is 16.0. The quantitative estimate of drug-likeness (QED) is 0.111. The van der Waals surface area contributed by atoms with Gasteiger partial charge in [-0.2, -0.15) is 0 Å². The molecule has 2 amide bonds. The third kappa shape index (κ3) is 8.46. The lowest BCUT2D eigenvalue weighted by Crippen LogP contribution is -2.44. The van der Waals surface area contributed by atoms with E-state index in [1.54, 1.807) is 8.80 Å². The van der Waals surface area contributed by atoms with Crippen LogP contribution in [0.5, 0.6) is 0 Å². The fourth-order valence-electron chi connectivity index (χ4n) is 8.44. The predicted molar refractivity (Wildman–Crippen MR) is 251 cm³/mol. The van der Waals surface area contributed by atoms with E-state index < -0.39 is 23.4 Å². The number of carbonyl (C=O) groups is 4. The molecule has 0 spiro atoms. The molecule has 11 nitrogen and oxygen atoms in total. The normalized spacial score (nSPS) is 13.6. The van der Waals surface area contributed by atoms with Gasteiger partial charge in [-0.05, 0) is 109 Å². The number of piperazine rings is 1. The molecular weight excluding hydrogens is 787 g/mol. The smallest absolute Gasteiger partial charge is 0.298 e. The zero-order valence-electron chi connectivity index (χ0n) is 35.2. The van der Waals surface area contributed by atoms with Crippen LogP contribution in [-0.4, -0.2) is 83.9 Å². The molecule has 4 aromatic carbocycles. The standard InChI is InChI=1S/C27H26N4O2.C25H21N3O2/c1-29-15-17-30(18-16-29)22-12-10-21(11-13-22)28-27(33)26(32)25-24(20-7-3-2-4-8-20)19-23-9-5-6-14-31(23)25;1-27-14-12-18-15-19(10-11-22(18)27)26-25(30)24(29)23-21(17-7-3-2-4-8-17)16-20-9-5-6-13-28(20)23/h2-14,19H,15-18H2,1H3,(H,28,33);2-11,13,15-16H,12,14H2,1H3,(H,26,30). The Morgan fingerprint density at radius 1 is 0.492 bits per heavy atom. The Morgan fingerprint density at radius 3 is 1.52 bits per heavy atom. The summed E-state index contributed by atoms with van der Waals surface area (Å²) in [5.74, 6) is -2.41. The number of likely N-dealkylation sites (N-methyl/N-ethyl adjacent to an activating group) is 2. The summed E-state index contributed by atoms with van der Waals surface area (Å²) in [6.07, 6.45) is 4.56. The number of benzene rings is 4. The zero-order chi connectivity index (χ0) is 43.5. The summed E-state index contributed by atoms with van der Waals surface area (Å²) in [5, 5.41) is 5.58. The molecule has 0 unspecified atom stereocenters. The molecule has 10 rings (SSSR count). The van der Waals surface area contributed by atoms with Crippen LogP contribution in [-0.2, 0) is 16.0 Å². The van der Waals surface area contributed by atoms with E-state index in [1.165, 1.54) is 11.3 Å². The van der Waals surface area contributed by atoms with Crippen LogP contribution < -0.4 is 20.4 Å². The van der Waals surface area contributed by atoms with Crippen LogP contribution in [0.15, 0.2) is 164 Å². The summed E-state index contributed by atoms with van der Waals surface area (Å²) in [7, 11) is 4.18. The summed E-state index contributed by atoms with van der Waals surface area (Å²) in [5.41, 5.74) is 10.5. The van der Waals surface area contributed by atoms with Gasteiger partial charge in [0.2, 0.25) is 0 Å². The average Bonchev–Trinajstić information content (AvgIpc) is 4.03. The highest BCUT2D eigenvalue weighted by molar-refractivity contribution is 6.48. The number of ketones is 2. The van der Waals surface area contributed by atoms with Crippen LogP contribution in [0.4, 0.5) is 22.7 Å². The summed E-state index contributed by atoms with van der Waals surface area (Å²) < 4.78 is 3.56. The number of Topliss-reactive ketones (excluding diaryl/α,β-unsaturated/α-hetero) is 2. The predicted octanol–water partition coefficient (Wildman–Crippen LogP) is 8.60. The topological polar surface area (TPSA) is 111 Å². The Hall–Kier alpha value is -7.76. The van der Waals surface area contributed by atoms with Crippen molar-refractivity contribution >= 4 is 57.2 Å². The SMILES string of the molecule is CN1CCN(c2ccc(NC(=O)C(=O)c3c(-c4ccccc4)cc4ccccn34)cc2)CC1.CN1CCc2cc(NC(=O)C(=O)c3c(-c4ccccc4)cc4ccccn34)ccc21. The second-order valence-electron chi connectivity index (χ2n) is 16.0. The first kappa shape index (κ1) is 40.6. The van der Waals surface area contributed by atoms with Crippen LogP contribution in [0, 0.1) is 0 Å². The highest BCUT2D eigenvalue weighted by Crippen LogP contribution is 2.32. The van der Waals surface area contributed by atoms with E-state index in [4.69, 9.17) is 0 Å². The van der Waals surface area contributed by atoms with Crippen molar-refractivity contribution in [2.24, 2.45) is 0 Å². The number of aromatic nitrogens is 2. The van der Waals surface area contributed by atoms with E-state index in [-0.39, 0.29) is 0 Å². The van der Waals surface area contributed by atoms with Crippen molar-refractivity contribution in [3.05, 3.63) is 181 Å². The lowest BCUT2D eigenvalue weighted by molar-refractivity contribution is -0.113. The van der Waals surface area contributed by atoms with Gasteiger partial charge < -0.3 is 34.1 Å². The Balaban J connectivity index is 0.000000161. The maximum atomic E-state index is 13.3. The molecule has 6 heterocycles. The molecule has 8 aromatic rings. The number of pyridine rings is 2. The molecule has 0 radical (unpaired) electrons. The van der Waals surface area contributed by atoms with Gasteiger partial charge in [0.05, 0.1) is 0 Å². The van der Waals surface area contributed by atoms with E-state index in [0.717, 1.165) is 78.1 Å². The molecule has 314 valence electrons. The van der Waals surface area contributed by atoms with Crippen molar-refractivity contribution in [3.63, 3.8) is 0 Å². The molecule has 4 aromatic heterocycles. The summed E-state index contributed by atoms with van der Waals surface area (Å²) in [6.45, 7) is 4.97. The van der Waals surface area contributed by atoms with Crippen molar-refractivity contribution in [2.75, 3.05) is 67.3 Å². The van der Waals surface area contributed by atoms with Gasteiger partial charge in [0.1, 0.15) is 11.4 Å². The molecule has 63 heavy (non-hydrogen) atoms. The minimum atomic E-state index is -0.650. The largest absolute Gasteiger partial charge is 0.374 e. The number of hydrogen-bond acceptors (Lipinski definition) is 7. The Bertz CT molecular complexity index is 2970. The number of nitrogens with zero attached hydrogens (tertiary/aromatic N) is 5. The average molecular weight is 834 g/mol. The zero-order valence-corrected chi connectivity index (χ0v) is 35.2. The Kier molecular flexibility index (Phi) is 11.4. The molecule has 2 aliphatic rings. The van der Waals surface area contributed by atoms with Crippen LogP contribution in [0.25, 0.3) is 33.3 Å². The van der Waals surface area contributed by atoms with E-state index >= 15 is 0 Å². The number of rotatable bonds is 9. The fraction of sp³-hybridized carbons (Fsp3) is 0.154. The van der Waals surface area contributed by atoms with Crippen LogP contribution in [0.3, 0.4) is 0 Å². The lowest BCUT2D eigenvalue weighted by Gasteiger charge is -2.34. The third-order valence-electron chi connectivity index (χ3n) is 11.8. The van der Waals surface area contributed by atoms with E-state index in [2.05, 4.69) is 39.4 Å². The van der Waals surface area contributed by atoms with Crippen molar-refractivity contribution in [2.45, 2.75) is 6.42 Å². The first-order valence-corrected chi connectivity index (χ1v) is 21.1. The molecule has 1 saturated heterocycles. The van der Waals surface area contributed by atoms with Crippen LogP contribution in [0.2, 0.25) is 0 Å². The number of amides is 2. The van der Waals surface area contributed by atoms with Gasteiger partial charge in [-0.3, -0.25) is 19.2 Å². The summed E-state index contributed by atoms with van der Waals surface area (Å²) in [6, 6.07) is 48.1. The van der Waals surface area contributed by atoms with E-state index in [1.807, 2.05) is 164 Å². The third-order valence-corrected chi connectivity index (χ3v) is 11.8. The monoisotopic (exact) mass is 833 g/mol. The Morgan fingerprint density at radius 2 is 0.984 bits per heavy atom. The number of fused-ring (bicyclic) bond motifs is 3. The minimum absolute atomic E-state index is 0.364. The molecule has 11 heteroatoms. The number of anilines is 4. The van der Waals surface area contributed by atoms with Crippen molar-refractivity contribution < 1.29 is 19.2 Å². The first-order chi connectivity index (χ1) is 30.7. The van der Waals surface area contributed by atoms with Gasteiger partial charge in [-0.15, -0.1) is 0 Å². The lowest BCUT2D eigenvalue weighted by atomic mass is 10.0. The molecule has 0 saturated carbocycles. The van der Waals surface area contributed by atoms with Gasteiger partial charge in [-0.25, -0.2) is 0 Å². The molecule has 2 aliphatic heterocycles.